The molecule has 9 nitrogen and oxygen atoms in total. The lowest BCUT2D eigenvalue weighted by Crippen LogP contribution is -2.33. The fourth-order valence-corrected chi connectivity index (χ4v) is 2.14. The van der Waals surface area contributed by atoms with Crippen LogP contribution in [0.15, 0.2) is 0 Å². The Morgan fingerprint density at radius 1 is 0.864 bits per heavy atom. The maximum atomic E-state index is 10.3. The van der Waals surface area contributed by atoms with Crippen molar-refractivity contribution in [3.63, 3.8) is 0 Å². The minimum absolute atomic E-state index is 0.266. The van der Waals surface area contributed by atoms with Crippen molar-refractivity contribution in [2.24, 2.45) is 17.2 Å². The molecule has 0 aliphatic rings. The third-order valence-electron chi connectivity index (χ3n) is 2.26. The molecule has 0 aromatic heterocycles. The summed E-state index contributed by atoms with van der Waals surface area (Å²) in [6, 6.07) is -2.53. The van der Waals surface area contributed by atoms with Gasteiger partial charge in [-0.05, 0) is 24.3 Å². The first kappa shape index (κ1) is 23.3. The Morgan fingerprint density at radius 3 is 1.59 bits per heavy atom. The molecule has 0 saturated heterocycles. The van der Waals surface area contributed by atoms with Crippen LogP contribution in [0.1, 0.15) is 12.8 Å². The standard InChI is InChI=1S/C7H14N2O4S.C4H9NO2S/c8-4(6(10)11)1-2-14-3-5(9)7(12)13;5-3(1-2-8)4(6)7/h4-5H,1-3,8-9H2,(H,10,11)(H,12,13);3,8H,1-2,5H2,(H,6,7)/t4-,5?;3-/m00/s1. The Kier molecular flexibility index (Phi) is 14.4. The molecule has 0 aromatic rings. The highest BCUT2D eigenvalue weighted by Gasteiger charge is 2.13. The van der Waals surface area contributed by atoms with Crippen molar-refractivity contribution >= 4 is 42.3 Å². The maximum absolute atomic E-state index is 10.3. The molecule has 9 N–H and O–H groups in total. The van der Waals surface area contributed by atoms with Crippen LogP contribution in [0.3, 0.4) is 0 Å². The molecule has 0 aliphatic carbocycles. The highest BCUT2D eigenvalue weighted by atomic mass is 32.2. The van der Waals surface area contributed by atoms with Gasteiger partial charge in [0.1, 0.15) is 18.1 Å². The Balaban J connectivity index is 0. The van der Waals surface area contributed by atoms with Crippen molar-refractivity contribution in [3.8, 4) is 0 Å². The topological polar surface area (TPSA) is 190 Å². The third kappa shape index (κ3) is 13.9. The average Bonchev–Trinajstić information content (AvgIpc) is 2.43. The summed E-state index contributed by atoms with van der Waals surface area (Å²) < 4.78 is 0. The summed E-state index contributed by atoms with van der Waals surface area (Å²) in [5.41, 5.74) is 15.5. The van der Waals surface area contributed by atoms with Crippen LogP contribution in [0.25, 0.3) is 0 Å². The number of hydrogen-bond donors (Lipinski definition) is 7. The van der Waals surface area contributed by atoms with E-state index in [1.54, 1.807) is 0 Å². The highest BCUT2D eigenvalue weighted by molar-refractivity contribution is 7.99. The summed E-state index contributed by atoms with van der Waals surface area (Å²) >= 11 is 5.10. The SMILES string of the molecule is NC(CSCC[C@H](N)C(=O)O)C(=O)O.N[C@@H](CCS)C(=O)O. The number of thioether (sulfide) groups is 1. The third-order valence-corrected chi connectivity index (χ3v) is 3.64. The van der Waals surface area contributed by atoms with Crippen LogP contribution in [0.4, 0.5) is 0 Å². The van der Waals surface area contributed by atoms with Crippen molar-refractivity contribution in [1.29, 1.82) is 0 Å². The first-order chi connectivity index (χ1) is 10.1. The number of thiol groups is 1. The number of carboxylic acid groups (broad SMARTS) is 3. The molecule has 0 radical (unpaired) electrons. The van der Waals surface area contributed by atoms with E-state index >= 15 is 0 Å². The molecule has 3 atom stereocenters. The minimum Gasteiger partial charge on any atom is -0.480 e. The quantitative estimate of drug-likeness (QED) is 0.182. The number of rotatable bonds is 10. The van der Waals surface area contributed by atoms with E-state index in [2.05, 4.69) is 12.6 Å². The van der Waals surface area contributed by atoms with Crippen LogP contribution in [-0.4, -0.2) is 68.6 Å². The summed E-state index contributed by atoms with van der Waals surface area (Å²) in [5.74, 6) is -1.78. The summed E-state index contributed by atoms with van der Waals surface area (Å²) in [6.07, 6.45) is 0.741. The van der Waals surface area contributed by atoms with E-state index in [9.17, 15) is 14.4 Å². The van der Waals surface area contributed by atoms with Gasteiger partial charge in [-0.15, -0.1) is 0 Å². The van der Waals surface area contributed by atoms with Gasteiger partial charge in [0.2, 0.25) is 0 Å². The lowest BCUT2D eigenvalue weighted by molar-refractivity contribution is -0.139. The van der Waals surface area contributed by atoms with Gasteiger partial charge in [-0.1, -0.05) is 0 Å². The number of carboxylic acids is 3. The van der Waals surface area contributed by atoms with Crippen LogP contribution in [-0.2, 0) is 14.4 Å². The molecular formula is C11H23N3O6S2. The van der Waals surface area contributed by atoms with E-state index in [1.807, 2.05) is 0 Å². The first-order valence-corrected chi connectivity index (χ1v) is 8.05. The Labute approximate surface area is 138 Å². The van der Waals surface area contributed by atoms with E-state index < -0.39 is 36.0 Å². The molecule has 0 spiro atoms. The normalized spacial score (nSPS) is 14.2. The van der Waals surface area contributed by atoms with E-state index in [0.717, 1.165) is 0 Å². The van der Waals surface area contributed by atoms with Gasteiger partial charge >= 0.3 is 17.9 Å². The highest BCUT2D eigenvalue weighted by Crippen LogP contribution is 2.05. The zero-order valence-electron chi connectivity index (χ0n) is 11.9. The smallest absolute Gasteiger partial charge is 0.321 e. The minimum atomic E-state index is -1.06. The van der Waals surface area contributed by atoms with Crippen molar-refractivity contribution in [2.75, 3.05) is 17.3 Å². The molecule has 1 unspecified atom stereocenters. The second-order valence-corrected chi connectivity index (χ2v) is 5.81. The van der Waals surface area contributed by atoms with Gasteiger partial charge in [0.15, 0.2) is 0 Å². The molecule has 0 amide bonds. The summed E-state index contributed by atoms with van der Waals surface area (Å²) in [5, 5.41) is 25.0. The monoisotopic (exact) mass is 357 g/mol. The van der Waals surface area contributed by atoms with Crippen molar-refractivity contribution < 1.29 is 29.7 Å². The fraction of sp³-hybridized carbons (Fsp3) is 0.727. The zero-order chi connectivity index (χ0) is 17.7. The van der Waals surface area contributed by atoms with Crippen LogP contribution >= 0.6 is 24.4 Å². The maximum Gasteiger partial charge on any atom is 0.321 e. The summed E-state index contributed by atoms with van der Waals surface area (Å²) in [7, 11) is 0. The number of aliphatic carboxylic acids is 3. The van der Waals surface area contributed by atoms with Crippen molar-refractivity contribution in [3.05, 3.63) is 0 Å². The number of hydrogen-bond acceptors (Lipinski definition) is 8. The van der Waals surface area contributed by atoms with E-state index in [4.69, 9.17) is 32.5 Å². The summed E-state index contributed by atoms with van der Waals surface area (Å²) in [4.78, 5) is 30.5. The van der Waals surface area contributed by atoms with Gasteiger partial charge in [-0.3, -0.25) is 14.4 Å². The number of nitrogens with two attached hydrogens (primary N) is 3. The van der Waals surface area contributed by atoms with Crippen molar-refractivity contribution in [2.45, 2.75) is 31.0 Å². The van der Waals surface area contributed by atoms with Crippen LogP contribution in [0, 0.1) is 0 Å². The predicted octanol–water partition coefficient (Wildman–Crippen LogP) is -1.35. The summed E-state index contributed by atoms with van der Waals surface area (Å²) in [6.45, 7) is 0. The van der Waals surface area contributed by atoms with Crippen LogP contribution < -0.4 is 17.2 Å². The molecule has 0 saturated carbocycles. The van der Waals surface area contributed by atoms with E-state index in [0.29, 0.717) is 24.3 Å². The molecule has 0 bridgehead atoms. The molecule has 0 fully saturated rings. The lowest BCUT2D eigenvalue weighted by Gasteiger charge is -2.07. The van der Waals surface area contributed by atoms with Gasteiger partial charge in [0.05, 0.1) is 0 Å². The zero-order valence-corrected chi connectivity index (χ0v) is 13.6. The second-order valence-electron chi connectivity index (χ2n) is 4.21. The average molecular weight is 357 g/mol. The lowest BCUT2D eigenvalue weighted by atomic mass is 10.2. The largest absolute Gasteiger partial charge is 0.480 e. The van der Waals surface area contributed by atoms with Crippen LogP contribution in [0.2, 0.25) is 0 Å². The molecule has 130 valence electrons. The Hall–Kier alpha value is -1.01. The first-order valence-electron chi connectivity index (χ1n) is 6.27. The predicted molar refractivity (Wildman–Crippen MR) is 87.2 cm³/mol. The van der Waals surface area contributed by atoms with Gasteiger partial charge in [-0.25, -0.2) is 0 Å². The Bertz CT molecular complexity index is 337. The van der Waals surface area contributed by atoms with Gasteiger partial charge in [0.25, 0.3) is 0 Å². The van der Waals surface area contributed by atoms with Gasteiger partial charge in [-0.2, -0.15) is 24.4 Å². The van der Waals surface area contributed by atoms with Gasteiger partial charge < -0.3 is 32.5 Å². The van der Waals surface area contributed by atoms with Gasteiger partial charge in [0, 0.05) is 5.75 Å². The molecule has 22 heavy (non-hydrogen) atoms. The molecule has 11 heteroatoms. The fourth-order valence-electron chi connectivity index (χ4n) is 0.878. The van der Waals surface area contributed by atoms with E-state index in [-0.39, 0.29) is 5.75 Å². The second kappa shape index (κ2) is 13.6. The van der Waals surface area contributed by atoms with E-state index in [1.165, 1.54) is 11.8 Å². The molecule has 0 rings (SSSR count). The number of carbonyl (C=O) groups is 3. The molecular weight excluding hydrogens is 334 g/mol. The molecule has 0 aromatic carbocycles. The Morgan fingerprint density at radius 2 is 1.27 bits per heavy atom. The van der Waals surface area contributed by atoms with Crippen molar-refractivity contribution in [1.82, 2.24) is 0 Å². The van der Waals surface area contributed by atoms with Crippen LogP contribution in [0.5, 0.6) is 0 Å². The molecule has 0 heterocycles. The molecule has 0 aliphatic heterocycles.